The maximum Gasteiger partial charge on any atom is 0.335 e. The zero-order valence-electron chi connectivity index (χ0n) is 23.2. The quantitative estimate of drug-likeness (QED) is 0.291. The van der Waals surface area contributed by atoms with E-state index in [1.807, 2.05) is 29.0 Å². The van der Waals surface area contributed by atoms with Crippen LogP contribution in [0.2, 0.25) is 0 Å². The largest absolute Gasteiger partial charge is 0.478 e. The van der Waals surface area contributed by atoms with E-state index in [1.165, 1.54) is 11.6 Å². The molecule has 0 amide bonds. The highest BCUT2D eigenvalue weighted by atomic mass is 19.1. The van der Waals surface area contributed by atoms with Gasteiger partial charge < -0.3 is 24.8 Å². The molecule has 1 saturated carbocycles. The minimum Gasteiger partial charge on any atom is -0.478 e. The van der Waals surface area contributed by atoms with Crippen LogP contribution in [-0.2, 0) is 13.2 Å². The molecule has 0 bridgehead atoms. The molecule has 2 aliphatic heterocycles. The molecule has 11 heteroatoms. The van der Waals surface area contributed by atoms with Gasteiger partial charge in [0.1, 0.15) is 24.3 Å². The Balaban J connectivity index is 1.05. The molecule has 218 valence electrons. The molecule has 2 aromatic carbocycles. The number of aromatic nitrogens is 3. The van der Waals surface area contributed by atoms with Crippen LogP contribution in [0, 0.1) is 23.1 Å². The molecule has 2 N–H and O–H groups in total. The highest BCUT2D eigenvalue weighted by Crippen LogP contribution is 2.46. The number of piperidine rings is 1. The highest BCUT2D eigenvalue weighted by Gasteiger charge is 2.52. The summed E-state index contributed by atoms with van der Waals surface area (Å²) in [6, 6.07) is 17.6. The number of carboxylic acid groups (broad SMARTS) is 1. The predicted octanol–water partition coefficient (Wildman–Crippen LogP) is 4.64. The normalized spacial score (nSPS) is 20.6. The SMILES string of the molecule is N#Cc1ccc(COc2cccc(N3CCC(Oc4nc5ccc(C(=O)O)cc5n4CC4=CNCC4)C4CC43)n2)c(F)c1. The Morgan fingerprint density at radius 3 is 2.88 bits per heavy atom. The van der Waals surface area contributed by atoms with Crippen molar-refractivity contribution < 1.29 is 23.8 Å². The van der Waals surface area contributed by atoms with Crippen LogP contribution in [0.3, 0.4) is 0 Å². The monoisotopic (exact) mass is 580 g/mol. The van der Waals surface area contributed by atoms with E-state index < -0.39 is 11.8 Å². The number of imidazole rings is 1. The Morgan fingerprint density at radius 1 is 1.19 bits per heavy atom. The summed E-state index contributed by atoms with van der Waals surface area (Å²) >= 11 is 0. The number of hydrogen-bond acceptors (Lipinski definition) is 8. The van der Waals surface area contributed by atoms with Crippen LogP contribution >= 0.6 is 0 Å². The molecule has 3 atom stereocenters. The molecule has 43 heavy (non-hydrogen) atoms. The third kappa shape index (κ3) is 5.32. The number of pyridine rings is 1. The average molecular weight is 581 g/mol. The van der Waals surface area contributed by atoms with Crippen LogP contribution in [0.1, 0.15) is 40.7 Å². The molecular formula is C32H29FN6O4. The maximum atomic E-state index is 14.3. The molecule has 3 unspecified atom stereocenters. The van der Waals surface area contributed by atoms with E-state index >= 15 is 0 Å². The van der Waals surface area contributed by atoms with Crippen molar-refractivity contribution in [2.45, 2.75) is 44.6 Å². The molecule has 3 aliphatic rings. The van der Waals surface area contributed by atoms with Gasteiger partial charge in [-0.25, -0.2) is 9.18 Å². The van der Waals surface area contributed by atoms with Crippen LogP contribution in [0.15, 0.2) is 66.4 Å². The number of hydrogen-bond donors (Lipinski definition) is 2. The van der Waals surface area contributed by atoms with Gasteiger partial charge in [0.15, 0.2) is 0 Å². The first-order valence-electron chi connectivity index (χ1n) is 14.3. The minimum absolute atomic E-state index is 0.0118. The van der Waals surface area contributed by atoms with Gasteiger partial charge in [-0.15, -0.1) is 0 Å². The van der Waals surface area contributed by atoms with Crippen LogP contribution < -0.4 is 19.7 Å². The van der Waals surface area contributed by atoms with Crippen molar-refractivity contribution in [1.82, 2.24) is 19.9 Å². The van der Waals surface area contributed by atoms with Crippen LogP contribution in [0.4, 0.5) is 10.2 Å². The molecular weight excluding hydrogens is 551 g/mol. The van der Waals surface area contributed by atoms with E-state index in [4.69, 9.17) is 24.7 Å². The smallest absolute Gasteiger partial charge is 0.335 e. The number of fused-ring (bicyclic) bond motifs is 2. The minimum atomic E-state index is -0.975. The van der Waals surface area contributed by atoms with Gasteiger partial charge in [0.05, 0.1) is 34.8 Å². The second-order valence-corrected chi connectivity index (χ2v) is 11.1. The maximum absolute atomic E-state index is 14.3. The van der Waals surface area contributed by atoms with E-state index in [1.54, 1.807) is 36.4 Å². The molecule has 10 nitrogen and oxygen atoms in total. The lowest BCUT2D eigenvalue weighted by molar-refractivity contribution is 0.0697. The van der Waals surface area contributed by atoms with Gasteiger partial charge in [-0.1, -0.05) is 12.1 Å². The van der Waals surface area contributed by atoms with E-state index in [0.29, 0.717) is 35.4 Å². The number of halogens is 1. The summed E-state index contributed by atoms with van der Waals surface area (Å²) < 4.78 is 28.7. The number of nitrogens with zero attached hydrogens (tertiary/aromatic N) is 5. The number of carboxylic acids is 1. The molecule has 0 spiro atoms. The van der Waals surface area contributed by atoms with E-state index in [9.17, 15) is 14.3 Å². The fourth-order valence-corrected chi connectivity index (χ4v) is 6.03. The lowest BCUT2D eigenvalue weighted by Gasteiger charge is -2.32. The van der Waals surface area contributed by atoms with Crippen LogP contribution in [-0.4, -0.2) is 50.8 Å². The standard InChI is InChI=1S/C32H29FN6O4/c33-24-12-19(15-34)4-5-22(24)18-42-30-3-1-2-29(37-30)38-11-9-28(23-14-26(23)38)43-32-36-25-7-6-21(31(40)41)13-27(25)39(32)17-20-8-10-35-16-20/h1-7,12-13,16,23,26,28,35H,8-11,14,17-18H2,(H,40,41). The molecule has 7 rings (SSSR count). The van der Waals surface area contributed by atoms with Crippen molar-refractivity contribution in [2.24, 2.45) is 5.92 Å². The van der Waals surface area contributed by atoms with Crippen LogP contribution in [0.25, 0.3) is 11.0 Å². The Kier molecular flexibility index (Phi) is 6.81. The fraction of sp³-hybridized carbons (Fsp3) is 0.312. The van der Waals surface area contributed by atoms with Crippen molar-refractivity contribution in [1.29, 1.82) is 5.26 Å². The highest BCUT2D eigenvalue weighted by molar-refractivity contribution is 5.92. The number of rotatable bonds is 9. The summed E-state index contributed by atoms with van der Waals surface area (Å²) in [4.78, 5) is 23.4. The van der Waals surface area contributed by atoms with E-state index in [0.717, 1.165) is 43.7 Å². The first-order valence-corrected chi connectivity index (χ1v) is 14.3. The van der Waals surface area contributed by atoms with Crippen molar-refractivity contribution in [3.8, 4) is 18.0 Å². The van der Waals surface area contributed by atoms with Gasteiger partial charge >= 0.3 is 5.97 Å². The summed E-state index contributed by atoms with van der Waals surface area (Å²) in [6.07, 6.45) is 4.65. The van der Waals surface area contributed by atoms with Gasteiger partial charge in [0.25, 0.3) is 6.01 Å². The summed E-state index contributed by atoms with van der Waals surface area (Å²) in [5.74, 6) is 0.0603. The first kappa shape index (κ1) is 26.8. The summed E-state index contributed by atoms with van der Waals surface area (Å²) in [5, 5.41) is 21.7. The number of ether oxygens (including phenoxy) is 2. The topological polar surface area (TPSA) is 126 Å². The fourth-order valence-electron chi connectivity index (χ4n) is 6.03. The first-order chi connectivity index (χ1) is 21.0. The molecule has 1 saturated heterocycles. The van der Waals surface area contributed by atoms with Crippen molar-refractivity contribution in [2.75, 3.05) is 18.0 Å². The van der Waals surface area contributed by atoms with Gasteiger partial charge in [-0.05, 0) is 61.0 Å². The Bertz CT molecular complexity index is 1800. The number of anilines is 1. The van der Waals surface area contributed by atoms with Gasteiger partial charge in [-0.2, -0.15) is 15.2 Å². The molecule has 4 aromatic rings. The lowest BCUT2D eigenvalue weighted by Crippen LogP contribution is -2.40. The number of benzene rings is 2. The molecule has 2 aromatic heterocycles. The van der Waals surface area contributed by atoms with Crippen molar-refractivity contribution in [3.63, 3.8) is 0 Å². The van der Waals surface area contributed by atoms with Gasteiger partial charge in [0, 0.05) is 43.1 Å². The van der Waals surface area contributed by atoms with Gasteiger partial charge in [0.2, 0.25) is 5.88 Å². The Hall–Kier alpha value is -5.11. The molecule has 1 aliphatic carbocycles. The lowest BCUT2D eigenvalue weighted by atomic mass is 10.1. The van der Waals surface area contributed by atoms with E-state index in [-0.39, 0.29) is 29.9 Å². The summed E-state index contributed by atoms with van der Waals surface area (Å²) in [7, 11) is 0. The number of nitriles is 1. The Labute approximate surface area is 247 Å². The molecule has 0 radical (unpaired) electrons. The molecule has 2 fully saturated rings. The number of nitrogens with one attached hydrogen (secondary N) is 1. The van der Waals surface area contributed by atoms with Crippen molar-refractivity contribution in [3.05, 3.63) is 88.9 Å². The Morgan fingerprint density at radius 2 is 2.09 bits per heavy atom. The molecule has 4 heterocycles. The van der Waals surface area contributed by atoms with E-state index in [2.05, 4.69) is 10.2 Å². The third-order valence-corrected chi connectivity index (χ3v) is 8.37. The average Bonchev–Trinajstić information content (AvgIpc) is 3.53. The van der Waals surface area contributed by atoms with Crippen molar-refractivity contribution >= 4 is 22.8 Å². The summed E-state index contributed by atoms with van der Waals surface area (Å²) in [6.45, 7) is 2.22. The zero-order valence-corrected chi connectivity index (χ0v) is 23.2. The second kappa shape index (κ2) is 10.9. The number of carbonyl (C=O) groups is 1. The van der Waals surface area contributed by atoms with Crippen LogP contribution in [0.5, 0.6) is 11.9 Å². The third-order valence-electron chi connectivity index (χ3n) is 8.37. The van der Waals surface area contributed by atoms with Gasteiger partial charge in [-0.3, -0.25) is 4.57 Å². The second-order valence-electron chi connectivity index (χ2n) is 11.1. The summed E-state index contributed by atoms with van der Waals surface area (Å²) in [5.41, 5.74) is 3.50. The number of aromatic carboxylic acids is 1. The zero-order chi connectivity index (χ0) is 29.5. The predicted molar refractivity (Wildman–Crippen MR) is 155 cm³/mol.